The third kappa shape index (κ3) is 4.54. The van der Waals surface area contributed by atoms with E-state index in [9.17, 15) is 13.2 Å². The van der Waals surface area contributed by atoms with E-state index in [1.807, 2.05) is 25.1 Å². The Kier molecular flexibility index (Phi) is 6.17. The van der Waals surface area contributed by atoms with Crippen molar-refractivity contribution in [3.05, 3.63) is 45.2 Å². The van der Waals surface area contributed by atoms with Crippen molar-refractivity contribution in [2.45, 2.75) is 36.8 Å². The minimum atomic E-state index is -3.43. The molecule has 26 heavy (non-hydrogen) atoms. The molecule has 0 unspecified atom stereocenters. The van der Waals surface area contributed by atoms with Gasteiger partial charge in [0.05, 0.1) is 6.42 Å². The summed E-state index contributed by atoms with van der Waals surface area (Å²) >= 11 is 4.61. The van der Waals surface area contributed by atoms with Gasteiger partial charge in [-0.2, -0.15) is 4.31 Å². The Labute approximate surface area is 166 Å². The van der Waals surface area contributed by atoms with Gasteiger partial charge in [0.25, 0.3) is 10.0 Å². The second kappa shape index (κ2) is 8.21. The Morgan fingerprint density at radius 3 is 2.62 bits per heavy atom. The zero-order chi connectivity index (χ0) is 18.7. The number of carbonyl (C=O) groups is 1. The van der Waals surface area contributed by atoms with Crippen molar-refractivity contribution in [2.75, 3.05) is 18.4 Å². The fraction of sp³-hybridized carbons (Fsp3) is 0.389. The van der Waals surface area contributed by atoms with Crippen molar-refractivity contribution in [1.82, 2.24) is 4.31 Å². The number of anilines is 1. The van der Waals surface area contributed by atoms with Gasteiger partial charge >= 0.3 is 0 Å². The Bertz CT molecular complexity index is 903. The van der Waals surface area contributed by atoms with Crippen LogP contribution >= 0.6 is 27.3 Å². The molecule has 0 aliphatic carbocycles. The molecule has 0 bridgehead atoms. The number of amides is 1. The first-order valence-corrected chi connectivity index (χ1v) is 11.6. The third-order valence-electron chi connectivity index (χ3n) is 4.32. The second-order valence-electron chi connectivity index (χ2n) is 6.37. The van der Waals surface area contributed by atoms with Gasteiger partial charge in [0.1, 0.15) is 4.21 Å². The summed E-state index contributed by atoms with van der Waals surface area (Å²) < 4.78 is 28.2. The highest BCUT2D eigenvalue weighted by Crippen LogP contribution is 2.27. The summed E-state index contributed by atoms with van der Waals surface area (Å²) in [6.45, 7) is 3.12. The quantitative estimate of drug-likeness (QED) is 0.733. The van der Waals surface area contributed by atoms with Crippen LogP contribution in [0.25, 0.3) is 0 Å². The van der Waals surface area contributed by atoms with Crippen LogP contribution in [-0.4, -0.2) is 31.7 Å². The lowest BCUT2D eigenvalue weighted by atomic mass is 10.2. The van der Waals surface area contributed by atoms with Crippen LogP contribution in [0.15, 0.2) is 39.0 Å². The number of sulfonamides is 1. The van der Waals surface area contributed by atoms with Crippen LogP contribution < -0.4 is 5.32 Å². The highest BCUT2D eigenvalue weighted by atomic mass is 79.9. The number of nitrogens with one attached hydrogen (secondary N) is 1. The summed E-state index contributed by atoms with van der Waals surface area (Å²) in [5.74, 6) is -0.157. The number of piperidine rings is 1. The molecule has 0 radical (unpaired) electrons. The van der Waals surface area contributed by atoms with Gasteiger partial charge in [-0.3, -0.25) is 4.79 Å². The molecule has 1 aliphatic heterocycles. The average Bonchev–Trinajstić information content (AvgIpc) is 3.08. The molecule has 1 aromatic carbocycles. The lowest BCUT2D eigenvalue weighted by Crippen LogP contribution is -2.35. The van der Waals surface area contributed by atoms with Crippen molar-refractivity contribution in [2.24, 2.45) is 0 Å². The van der Waals surface area contributed by atoms with Crippen LogP contribution in [0, 0.1) is 6.92 Å². The van der Waals surface area contributed by atoms with E-state index < -0.39 is 10.0 Å². The maximum atomic E-state index is 12.7. The molecule has 3 rings (SSSR count). The van der Waals surface area contributed by atoms with Gasteiger partial charge in [-0.05, 0) is 55.7 Å². The summed E-state index contributed by atoms with van der Waals surface area (Å²) in [5.41, 5.74) is 1.77. The number of benzene rings is 1. The van der Waals surface area contributed by atoms with Crippen molar-refractivity contribution in [3.63, 3.8) is 0 Å². The summed E-state index contributed by atoms with van der Waals surface area (Å²) in [6, 6.07) is 8.95. The summed E-state index contributed by atoms with van der Waals surface area (Å²) in [4.78, 5) is 13.0. The number of aryl methyl sites for hydroxylation is 1. The Morgan fingerprint density at radius 2 is 1.92 bits per heavy atom. The number of thiophene rings is 1. The first kappa shape index (κ1) is 19.5. The molecule has 2 aromatic rings. The topological polar surface area (TPSA) is 66.5 Å². The first-order chi connectivity index (χ1) is 12.4. The molecule has 1 saturated heterocycles. The van der Waals surface area contributed by atoms with E-state index >= 15 is 0 Å². The SMILES string of the molecule is Cc1cc(NC(=O)Cc2ccc(S(=O)(=O)N3CCCCC3)s2)ccc1Br. The maximum absolute atomic E-state index is 12.7. The minimum Gasteiger partial charge on any atom is -0.326 e. The molecule has 1 fully saturated rings. The van der Waals surface area contributed by atoms with Crippen LogP contribution in [0.5, 0.6) is 0 Å². The smallest absolute Gasteiger partial charge is 0.252 e. The largest absolute Gasteiger partial charge is 0.326 e. The van der Waals surface area contributed by atoms with Gasteiger partial charge in [-0.25, -0.2) is 8.42 Å². The van der Waals surface area contributed by atoms with Crippen LogP contribution in [0.2, 0.25) is 0 Å². The zero-order valence-electron chi connectivity index (χ0n) is 14.5. The van der Waals surface area contributed by atoms with Crippen molar-refractivity contribution < 1.29 is 13.2 Å². The number of hydrogen-bond acceptors (Lipinski definition) is 4. The monoisotopic (exact) mass is 456 g/mol. The van der Waals surface area contributed by atoms with Crippen LogP contribution in [0.1, 0.15) is 29.7 Å². The summed E-state index contributed by atoms with van der Waals surface area (Å²) in [6.07, 6.45) is 3.06. The second-order valence-corrected chi connectivity index (χ2v) is 10.6. The lowest BCUT2D eigenvalue weighted by Gasteiger charge is -2.25. The Balaban J connectivity index is 1.65. The van der Waals surface area contributed by atoms with Crippen molar-refractivity contribution in [3.8, 4) is 0 Å². The number of nitrogens with zero attached hydrogens (tertiary/aromatic N) is 1. The number of hydrogen-bond donors (Lipinski definition) is 1. The molecule has 2 heterocycles. The normalized spacial score (nSPS) is 15.8. The molecular formula is C18H21BrN2O3S2. The Hall–Kier alpha value is -1.22. The van der Waals surface area contributed by atoms with Crippen LogP contribution in [-0.2, 0) is 21.2 Å². The van der Waals surface area contributed by atoms with Crippen molar-refractivity contribution in [1.29, 1.82) is 0 Å². The molecular weight excluding hydrogens is 436 g/mol. The molecule has 1 aromatic heterocycles. The van der Waals surface area contributed by atoms with Gasteiger partial charge in [0.2, 0.25) is 5.91 Å². The van der Waals surface area contributed by atoms with E-state index in [1.54, 1.807) is 16.4 Å². The van der Waals surface area contributed by atoms with Gasteiger partial charge < -0.3 is 5.32 Å². The fourth-order valence-electron chi connectivity index (χ4n) is 2.91. The fourth-order valence-corrected chi connectivity index (χ4v) is 6.18. The third-order valence-corrected chi connectivity index (χ3v) is 8.66. The van der Waals surface area contributed by atoms with Crippen LogP contribution in [0.3, 0.4) is 0 Å². The van der Waals surface area contributed by atoms with E-state index in [1.165, 1.54) is 11.3 Å². The van der Waals surface area contributed by atoms with Crippen molar-refractivity contribution >= 4 is 48.9 Å². The van der Waals surface area contributed by atoms with Gasteiger partial charge in [-0.15, -0.1) is 11.3 Å². The Morgan fingerprint density at radius 1 is 1.19 bits per heavy atom. The number of halogens is 1. The van der Waals surface area contributed by atoms with Crippen LogP contribution in [0.4, 0.5) is 5.69 Å². The lowest BCUT2D eigenvalue weighted by molar-refractivity contribution is -0.115. The standard InChI is InChI=1S/C18H21BrN2O3S2/c1-13-11-14(5-7-16(13)19)20-17(22)12-15-6-8-18(25-15)26(23,24)21-9-3-2-4-10-21/h5-8,11H,2-4,9-10,12H2,1H3,(H,20,22). The van der Waals surface area contributed by atoms with E-state index in [2.05, 4.69) is 21.2 Å². The molecule has 140 valence electrons. The average molecular weight is 457 g/mol. The molecule has 1 amide bonds. The predicted molar refractivity (Wildman–Crippen MR) is 108 cm³/mol. The maximum Gasteiger partial charge on any atom is 0.252 e. The van der Waals surface area contributed by atoms with E-state index in [0.29, 0.717) is 17.3 Å². The summed E-state index contributed by atoms with van der Waals surface area (Å²) in [7, 11) is -3.43. The molecule has 1 aliphatic rings. The molecule has 0 saturated carbocycles. The summed E-state index contributed by atoms with van der Waals surface area (Å²) in [5, 5.41) is 2.86. The highest BCUT2D eigenvalue weighted by molar-refractivity contribution is 9.10. The number of rotatable bonds is 5. The predicted octanol–water partition coefficient (Wildman–Crippen LogP) is 4.17. The number of carbonyl (C=O) groups excluding carboxylic acids is 1. The minimum absolute atomic E-state index is 0.157. The van der Waals surface area contributed by atoms with E-state index in [-0.39, 0.29) is 12.3 Å². The molecule has 0 atom stereocenters. The van der Waals surface area contributed by atoms with Gasteiger partial charge in [-0.1, -0.05) is 22.4 Å². The zero-order valence-corrected chi connectivity index (χ0v) is 17.7. The van der Waals surface area contributed by atoms with E-state index in [4.69, 9.17) is 0 Å². The van der Waals surface area contributed by atoms with E-state index in [0.717, 1.165) is 39.9 Å². The molecule has 8 heteroatoms. The van der Waals surface area contributed by atoms with Gasteiger partial charge in [0.15, 0.2) is 0 Å². The molecule has 0 spiro atoms. The van der Waals surface area contributed by atoms with Gasteiger partial charge in [0, 0.05) is 28.1 Å². The first-order valence-electron chi connectivity index (χ1n) is 8.51. The molecule has 1 N–H and O–H groups in total. The molecule has 5 nitrogen and oxygen atoms in total. The highest BCUT2D eigenvalue weighted by Gasteiger charge is 2.27.